The lowest BCUT2D eigenvalue weighted by atomic mass is 9.99. The number of carbonyl (C=O) groups excluding carboxylic acids is 1. The predicted octanol–water partition coefficient (Wildman–Crippen LogP) is 5.62. The smallest absolute Gasteiger partial charge is 0.303 e. The summed E-state index contributed by atoms with van der Waals surface area (Å²) in [6.45, 7) is 12.5. The summed E-state index contributed by atoms with van der Waals surface area (Å²) in [5.41, 5.74) is 0.0247. The Kier molecular flexibility index (Phi) is 11.2. The second kappa shape index (κ2) is 14.6. The average Bonchev–Trinajstić information content (AvgIpc) is 2.98. The quantitative estimate of drug-likeness (QED) is 0.115. The van der Waals surface area contributed by atoms with Gasteiger partial charge < -0.3 is 23.4 Å². The van der Waals surface area contributed by atoms with Crippen LogP contribution in [0.5, 0.6) is 0 Å². The molecule has 224 valence electrons. The molecule has 0 spiro atoms. The third-order valence-electron chi connectivity index (χ3n) is 7.45. The fourth-order valence-corrected chi connectivity index (χ4v) is 10.5. The molecule has 3 aromatic rings. The van der Waals surface area contributed by atoms with E-state index in [1.807, 2.05) is 42.5 Å². The van der Waals surface area contributed by atoms with Crippen molar-refractivity contribution in [3.63, 3.8) is 0 Å². The van der Waals surface area contributed by atoms with Crippen LogP contribution >= 0.6 is 11.6 Å². The molecule has 5 unspecified atom stereocenters. The highest BCUT2D eigenvalue weighted by atomic mass is 35.5. The molecule has 0 saturated carbocycles. The van der Waals surface area contributed by atoms with E-state index in [0.29, 0.717) is 6.61 Å². The minimum atomic E-state index is -2.88. The van der Waals surface area contributed by atoms with E-state index >= 15 is 0 Å². The van der Waals surface area contributed by atoms with Gasteiger partial charge in [0.1, 0.15) is 18.3 Å². The summed E-state index contributed by atoms with van der Waals surface area (Å²) in [5.74, 6) is -0.481. The van der Waals surface area contributed by atoms with Gasteiger partial charge in [0.25, 0.3) is 8.32 Å². The predicted molar refractivity (Wildman–Crippen MR) is 169 cm³/mol. The Morgan fingerprint density at radius 2 is 1.43 bits per heavy atom. The number of carbonyl (C=O) groups is 1. The zero-order valence-corrected chi connectivity index (χ0v) is 26.5. The highest BCUT2D eigenvalue weighted by Gasteiger charge is 2.53. The number of halogens is 1. The van der Waals surface area contributed by atoms with Gasteiger partial charge in [-0.3, -0.25) is 4.79 Å². The van der Waals surface area contributed by atoms with E-state index in [1.54, 1.807) is 6.08 Å². The van der Waals surface area contributed by atoms with Gasteiger partial charge in [-0.05, 0) is 21.0 Å². The van der Waals surface area contributed by atoms with Gasteiger partial charge in [-0.15, -0.1) is 6.58 Å². The van der Waals surface area contributed by atoms with Crippen molar-refractivity contribution in [2.24, 2.45) is 0 Å². The standard InChI is InChI=1S/C34H41ClO6Si/c1-6-22-37-31-30(38-23-26-16-10-7-11-17-26)29(41-33(35)32(31)40-25(2)36)24-39-42(34(3,4)5,27-18-12-8-13-19-27)28-20-14-9-15-21-28/h6-21,29-33H,1,22-24H2,2-5H3. The number of ether oxygens (including phenoxy) is 4. The molecule has 8 heteroatoms. The van der Waals surface area contributed by atoms with Crippen molar-refractivity contribution in [3.8, 4) is 0 Å². The Labute approximate surface area is 255 Å². The first-order chi connectivity index (χ1) is 20.2. The molecule has 3 aromatic carbocycles. The van der Waals surface area contributed by atoms with Crippen LogP contribution in [-0.4, -0.2) is 57.5 Å². The summed E-state index contributed by atoms with van der Waals surface area (Å²) < 4.78 is 31.9. The summed E-state index contributed by atoms with van der Waals surface area (Å²) in [7, 11) is -2.88. The molecular formula is C34H41ClO6Si. The van der Waals surface area contributed by atoms with Gasteiger partial charge in [-0.2, -0.15) is 0 Å². The van der Waals surface area contributed by atoms with E-state index in [-0.39, 0.29) is 18.3 Å². The molecule has 1 aliphatic heterocycles. The lowest BCUT2D eigenvalue weighted by Gasteiger charge is -2.47. The van der Waals surface area contributed by atoms with Crippen LogP contribution in [0.3, 0.4) is 0 Å². The Balaban J connectivity index is 1.73. The molecule has 0 amide bonds. The van der Waals surface area contributed by atoms with Crippen molar-refractivity contribution < 1.29 is 28.2 Å². The number of benzene rings is 3. The molecule has 1 saturated heterocycles. The maximum Gasteiger partial charge on any atom is 0.303 e. The van der Waals surface area contributed by atoms with Crippen molar-refractivity contribution in [1.29, 1.82) is 0 Å². The SMILES string of the molecule is C=CCOC1C(OC(C)=O)C(Cl)OC(CO[Si](c2ccccc2)(c2ccccc2)C(C)(C)C)C1OCc1ccccc1. The van der Waals surface area contributed by atoms with Crippen LogP contribution in [0.4, 0.5) is 0 Å². The minimum Gasteiger partial charge on any atom is -0.456 e. The second-order valence-corrected chi connectivity index (χ2v) is 16.2. The first kappa shape index (κ1) is 32.1. The summed E-state index contributed by atoms with van der Waals surface area (Å²) in [4.78, 5) is 12.1. The molecule has 6 nitrogen and oxygen atoms in total. The van der Waals surface area contributed by atoms with Crippen LogP contribution in [0, 0.1) is 0 Å². The topological polar surface area (TPSA) is 63.2 Å². The molecule has 0 aliphatic carbocycles. The maximum absolute atomic E-state index is 12.1. The van der Waals surface area contributed by atoms with Gasteiger partial charge in [0.2, 0.25) is 0 Å². The fraction of sp³-hybridized carbons (Fsp3) is 0.382. The van der Waals surface area contributed by atoms with Crippen LogP contribution in [0.2, 0.25) is 5.04 Å². The summed E-state index contributed by atoms with van der Waals surface area (Å²) in [6, 6.07) is 30.7. The van der Waals surface area contributed by atoms with Crippen molar-refractivity contribution in [2.45, 2.75) is 69.3 Å². The lowest BCUT2D eigenvalue weighted by molar-refractivity contribution is -0.242. The van der Waals surface area contributed by atoms with E-state index in [2.05, 4.69) is 75.9 Å². The molecule has 1 fully saturated rings. The van der Waals surface area contributed by atoms with Gasteiger partial charge in [0.05, 0.1) is 19.8 Å². The van der Waals surface area contributed by atoms with Gasteiger partial charge in [-0.1, -0.05) is 129 Å². The van der Waals surface area contributed by atoms with Gasteiger partial charge >= 0.3 is 5.97 Å². The number of esters is 1. The minimum absolute atomic E-state index is 0.191. The Morgan fingerprint density at radius 3 is 1.93 bits per heavy atom. The van der Waals surface area contributed by atoms with Crippen LogP contribution in [0.25, 0.3) is 0 Å². The third-order valence-corrected chi connectivity index (χ3v) is 12.8. The van der Waals surface area contributed by atoms with E-state index in [4.69, 9.17) is 35.0 Å². The molecule has 1 heterocycles. The first-order valence-corrected chi connectivity index (χ1v) is 16.6. The zero-order chi connectivity index (χ0) is 30.2. The number of hydrogen-bond donors (Lipinski definition) is 0. The molecule has 1 aliphatic rings. The highest BCUT2D eigenvalue weighted by Crippen LogP contribution is 2.38. The first-order valence-electron chi connectivity index (χ1n) is 14.3. The number of hydrogen-bond acceptors (Lipinski definition) is 6. The van der Waals surface area contributed by atoms with Crippen molar-refractivity contribution in [3.05, 3.63) is 109 Å². The van der Waals surface area contributed by atoms with E-state index in [1.165, 1.54) is 6.92 Å². The Hall–Kier alpha value is -2.78. The monoisotopic (exact) mass is 608 g/mol. The molecule has 0 radical (unpaired) electrons. The molecule has 0 aromatic heterocycles. The van der Waals surface area contributed by atoms with E-state index < -0.39 is 44.3 Å². The molecule has 5 atom stereocenters. The number of alkyl halides is 1. The normalized spacial score (nSPS) is 22.8. The molecule has 4 rings (SSSR count). The van der Waals surface area contributed by atoms with Crippen molar-refractivity contribution >= 4 is 36.3 Å². The highest BCUT2D eigenvalue weighted by molar-refractivity contribution is 6.99. The molecular weight excluding hydrogens is 568 g/mol. The largest absolute Gasteiger partial charge is 0.456 e. The Bertz CT molecular complexity index is 1230. The third kappa shape index (κ3) is 7.40. The summed E-state index contributed by atoms with van der Waals surface area (Å²) >= 11 is 6.75. The number of rotatable bonds is 12. The second-order valence-electron chi connectivity index (χ2n) is 11.4. The van der Waals surface area contributed by atoms with E-state index in [0.717, 1.165) is 15.9 Å². The fourth-order valence-electron chi connectivity index (χ4n) is 5.62. The maximum atomic E-state index is 12.1. The van der Waals surface area contributed by atoms with Gasteiger partial charge in [-0.25, -0.2) is 0 Å². The van der Waals surface area contributed by atoms with Crippen molar-refractivity contribution in [2.75, 3.05) is 13.2 Å². The lowest BCUT2D eigenvalue weighted by Crippen LogP contribution is -2.68. The Morgan fingerprint density at radius 1 is 0.881 bits per heavy atom. The molecule has 0 N–H and O–H groups in total. The van der Waals surface area contributed by atoms with Crippen LogP contribution < -0.4 is 10.4 Å². The van der Waals surface area contributed by atoms with Gasteiger partial charge in [0.15, 0.2) is 11.7 Å². The van der Waals surface area contributed by atoms with Crippen LogP contribution in [0.15, 0.2) is 104 Å². The summed E-state index contributed by atoms with van der Waals surface area (Å²) in [5, 5.41) is 2.08. The van der Waals surface area contributed by atoms with E-state index in [9.17, 15) is 4.79 Å². The van der Waals surface area contributed by atoms with Crippen molar-refractivity contribution in [1.82, 2.24) is 0 Å². The summed E-state index contributed by atoms with van der Waals surface area (Å²) in [6.07, 6.45) is -1.21. The van der Waals surface area contributed by atoms with Crippen LogP contribution in [0.1, 0.15) is 33.3 Å². The molecule has 0 bridgehead atoms. The van der Waals surface area contributed by atoms with Gasteiger partial charge in [0, 0.05) is 6.92 Å². The zero-order valence-electron chi connectivity index (χ0n) is 24.8. The molecule has 42 heavy (non-hydrogen) atoms. The average molecular weight is 609 g/mol. The van der Waals surface area contributed by atoms with Crippen LogP contribution in [-0.2, 0) is 34.8 Å².